The van der Waals surface area contributed by atoms with E-state index in [0.29, 0.717) is 17.9 Å². The summed E-state index contributed by atoms with van der Waals surface area (Å²) < 4.78 is 0. The van der Waals surface area contributed by atoms with Crippen molar-refractivity contribution < 1.29 is 14.7 Å². The van der Waals surface area contributed by atoms with Gasteiger partial charge in [-0.3, -0.25) is 9.59 Å². The van der Waals surface area contributed by atoms with E-state index in [0.717, 1.165) is 10.4 Å². The average Bonchev–Trinajstić information content (AvgIpc) is 2.64. The smallest absolute Gasteiger partial charge is 0.308 e. The maximum Gasteiger partial charge on any atom is 0.308 e. The molecule has 1 rings (SSSR count). The molecule has 0 aromatic carbocycles. The van der Waals surface area contributed by atoms with Crippen LogP contribution in [0, 0.1) is 25.7 Å². The van der Waals surface area contributed by atoms with Gasteiger partial charge in [0.05, 0.1) is 11.5 Å². The number of rotatable bonds is 6. The molecule has 19 heavy (non-hydrogen) atoms. The quantitative estimate of drug-likeness (QED) is 0.843. The maximum absolute atomic E-state index is 12.0. The second-order valence-corrected chi connectivity index (χ2v) is 6.29. The second kappa shape index (κ2) is 6.70. The summed E-state index contributed by atoms with van der Waals surface area (Å²) in [4.78, 5) is 24.2. The summed E-state index contributed by atoms with van der Waals surface area (Å²) in [5, 5.41) is 13.7. The van der Waals surface area contributed by atoms with Crippen LogP contribution in [0.5, 0.6) is 0 Å². The van der Waals surface area contributed by atoms with Crippen LogP contribution in [-0.2, 0) is 4.79 Å². The fourth-order valence-electron chi connectivity index (χ4n) is 1.89. The summed E-state index contributed by atoms with van der Waals surface area (Å²) in [5.74, 6) is -1.27. The molecule has 1 unspecified atom stereocenters. The van der Waals surface area contributed by atoms with Crippen LogP contribution in [0.15, 0.2) is 5.38 Å². The van der Waals surface area contributed by atoms with E-state index in [-0.39, 0.29) is 12.5 Å². The van der Waals surface area contributed by atoms with Crippen LogP contribution in [0.4, 0.5) is 0 Å². The molecule has 0 saturated carbocycles. The molecule has 1 atom stereocenters. The lowest BCUT2D eigenvalue weighted by Crippen LogP contribution is -2.33. The molecular weight excluding hydrogens is 262 g/mol. The first-order valence-electron chi connectivity index (χ1n) is 6.38. The lowest BCUT2D eigenvalue weighted by Gasteiger charge is -2.15. The number of carboxylic acid groups (broad SMARTS) is 1. The number of carbonyl (C=O) groups is 2. The molecule has 4 nitrogen and oxygen atoms in total. The summed E-state index contributed by atoms with van der Waals surface area (Å²) in [6.07, 6.45) is 0.567. The Labute approximate surface area is 117 Å². The molecule has 1 aromatic heterocycles. The third-order valence-electron chi connectivity index (χ3n) is 3.14. The lowest BCUT2D eigenvalue weighted by atomic mass is 9.97. The summed E-state index contributed by atoms with van der Waals surface area (Å²) >= 11 is 1.53. The summed E-state index contributed by atoms with van der Waals surface area (Å²) in [6, 6.07) is 0. The van der Waals surface area contributed by atoms with Crippen molar-refractivity contribution in [1.29, 1.82) is 0 Å². The van der Waals surface area contributed by atoms with Gasteiger partial charge in [-0.1, -0.05) is 13.8 Å². The van der Waals surface area contributed by atoms with Gasteiger partial charge in [-0.25, -0.2) is 0 Å². The summed E-state index contributed by atoms with van der Waals surface area (Å²) in [5.41, 5.74) is 1.62. The van der Waals surface area contributed by atoms with Gasteiger partial charge in [0.2, 0.25) is 0 Å². The molecule has 0 radical (unpaired) electrons. The highest BCUT2D eigenvalue weighted by Crippen LogP contribution is 2.20. The van der Waals surface area contributed by atoms with Crippen LogP contribution in [0.1, 0.15) is 41.1 Å². The van der Waals surface area contributed by atoms with Crippen molar-refractivity contribution in [2.75, 3.05) is 6.54 Å². The Morgan fingerprint density at radius 1 is 1.37 bits per heavy atom. The van der Waals surface area contributed by atoms with E-state index in [1.54, 1.807) is 0 Å². The predicted molar refractivity (Wildman–Crippen MR) is 76.7 cm³/mol. The number of hydrogen-bond donors (Lipinski definition) is 2. The lowest BCUT2D eigenvalue weighted by molar-refractivity contribution is -0.142. The van der Waals surface area contributed by atoms with Gasteiger partial charge in [0, 0.05) is 16.8 Å². The Bertz CT molecular complexity index is 465. The van der Waals surface area contributed by atoms with E-state index < -0.39 is 11.9 Å². The first-order valence-corrected chi connectivity index (χ1v) is 7.26. The Kier molecular flexibility index (Phi) is 5.54. The molecule has 0 bridgehead atoms. The zero-order valence-corrected chi connectivity index (χ0v) is 12.6. The zero-order chi connectivity index (χ0) is 14.6. The molecule has 2 N–H and O–H groups in total. The van der Waals surface area contributed by atoms with Crippen molar-refractivity contribution in [2.24, 2.45) is 11.8 Å². The Balaban J connectivity index is 2.62. The number of carbonyl (C=O) groups excluding carboxylic acids is 1. The topological polar surface area (TPSA) is 66.4 Å². The number of amides is 1. The molecule has 1 heterocycles. The fourth-order valence-corrected chi connectivity index (χ4v) is 2.75. The molecule has 1 aromatic rings. The Morgan fingerprint density at radius 3 is 2.42 bits per heavy atom. The molecule has 0 fully saturated rings. The second-order valence-electron chi connectivity index (χ2n) is 5.21. The Hall–Kier alpha value is -1.36. The molecule has 0 aliphatic carbocycles. The summed E-state index contributed by atoms with van der Waals surface area (Å²) in [7, 11) is 0. The van der Waals surface area contributed by atoms with E-state index in [9.17, 15) is 9.59 Å². The number of aryl methyl sites for hydroxylation is 1. The number of hydrogen-bond acceptors (Lipinski definition) is 3. The van der Waals surface area contributed by atoms with Crippen LogP contribution in [-0.4, -0.2) is 23.5 Å². The normalized spacial score (nSPS) is 12.5. The predicted octanol–water partition coefficient (Wildman–Crippen LogP) is 2.84. The minimum Gasteiger partial charge on any atom is -0.481 e. The third-order valence-corrected chi connectivity index (χ3v) is 4.16. The monoisotopic (exact) mass is 283 g/mol. The van der Waals surface area contributed by atoms with Gasteiger partial charge in [-0.05, 0) is 31.7 Å². The molecule has 106 valence electrons. The van der Waals surface area contributed by atoms with Crippen molar-refractivity contribution in [2.45, 2.75) is 34.1 Å². The number of thiophene rings is 1. The van der Waals surface area contributed by atoms with E-state index in [1.165, 1.54) is 11.3 Å². The SMILES string of the molecule is Cc1scc(C(=O)NCC(CC(C)C)C(=O)O)c1C. The molecule has 1 amide bonds. The largest absolute Gasteiger partial charge is 0.481 e. The first-order chi connectivity index (χ1) is 8.82. The standard InChI is InChI=1S/C14H21NO3S/c1-8(2)5-11(14(17)18)6-15-13(16)12-7-19-10(4)9(12)3/h7-8,11H,5-6H2,1-4H3,(H,15,16)(H,17,18). The third kappa shape index (κ3) is 4.35. The molecular formula is C14H21NO3S. The molecule has 0 aliphatic rings. The van der Waals surface area contributed by atoms with Crippen LogP contribution in [0.2, 0.25) is 0 Å². The van der Waals surface area contributed by atoms with Gasteiger partial charge >= 0.3 is 5.97 Å². The van der Waals surface area contributed by atoms with Gasteiger partial charge in [-0.15, -0.1) is 11.3 Å². The van der Waals surface area contributed by atoms with Crippen molar-refractivity contribution in [1.82, 2.24) is 5.32 Å². The first kappa shape index (κ1) is 15.7. The average molecular weight is 283 g/mol. The highest BCUT2D eigenvalue weighted by atomic mass is 32.1. The molecule has 5 heteroatoms. The van der Waals surface area contributed by atoms with Crippen molar-refractivity contribution in [3.8, 4) is 0 Å². The van der Waals surface area contributed by atoms with E-state index in [2.05, 4.69) is 5.32 Å². The van der Waals surface area contributed by atoms with Crippen molar-refractivity contribution >= 4 is 23.2 Å². The van der Waals surface area contributed by atoms with Crippen LogP contribution in [0.3, 0.4) is 0 Å². The van der Waals surface area contributed by atoms with Gasteiger partial charge in [0.1, 0.15) is 0 Å². The van der Waals surface area contributed by atoms with Gasteiger partial charge in [0.15, 0.2) is 0 Å². The highest BCUT2D eigenvalue weighted by Gasteiger charge is 2.20. The van der Waals surface area contributed by atoms with Crippen molar-refractivity contribution in [3.05, 3.63) is 21.4 Å². The minimum absolute atomic E-state index is 0.181. The minimum atomic E-state index is -0.854. The number of nitrogens with one attached hydrogen (secondary N) is 1. The highest BCUT2D eigenvalue weighted by molar-refractivity contribution is 7.10. The van der Waals surface area contributed by atoms with Gasteiger partial charge in [-0.2, -0.15) is 0 Å². The Morgan fingerprint density at radius 2 is 2.00 bits per heavy atom. The van der Waals surface area contributed by atoms with Crippen molar-refractivity contribution in [3.63, 3.8) is 0 Å². The van der Waals surface area contributed by atoms with Gasteiger partial charge < -0.3 is 10.4 Å². The number of carboxylic acids is 1. The van der Waals surface area contributed by atoms with Crippen LogP contribution >= 0.6 is 11.3 Å². The molecule has 0 spiro atoms. The number of aliphatic carboxylic acids is 1. The van der Waals surface area contributed by atoms with Gasteiger partial charge in [0.25, 0.3) is 5.91 Å². The van der Waals surface area contributed by atoms with E-state index >= 15 is 0 Å². The van der Waals surface area contributed by atoms with E-state index in [4.69, 9.17) is 5.11 Å². The van der Waals surface area contributed by atoms with Crippen LogP contribution in [0.25, 0.3) is 0 Å². The maximum atomic E-state index is 12.0. The summed E-state index contributed by atoms with van der Waals surface area (Å²) in [6.45, 7) is 8.01. The van der Waals surface area contributed by atoms with E-state index in [1.807, 2.05) is 33.1 Å². The van der Waals surface area contributed by atoms with Crippen LogP contribution < -0.4 is 5.32 Å². The molecule has 0 saturated heterocycles. The fraction of sp³-hybridized carbons (Fsp3) is 0.571. The molecule has 0 aliphatic heterocycles. The zero-order valence-electron chi connectivity index (χ0n) is 11.8.